The molecule has 140 valence electrons. The monoisotopic (exact) mass is 379 g/mol. The van der Waals surface area contributed by atoms with Crippen molar-refractivity contribution in [2.24, 2.45) is 11.1 Å². The zero-order chi connectivity index (χ0) is 18.8. The molecule has 0 bridgehead atoms. The lowest BCUT2D eigenvalue weighted by molar-refractivity contribution is 0.187. The number of anilines is 1. The molecule has 2 aliphatic rings. The molecule has 26 heavy (non-hydrogen) atoms. The molecular weight excluding hydrogens is 357 g/mol. The molecule has 9 nitrogen and oxygen atoms in total. The van der Waals surface area contributed by atoms with Crippen LogP contribution >= 0.6 is 7.82 Å². The molecule has 1 atom stereocenters. The van der Waals surface area contributed by atoms with Crippen molar-refractivity contribution in [2.75, 3.05) is 18.0 Å². The number of hydrogen-bond acceptors (Lipinski definition) is 6. The van der Waals surface area contributed by atoms with Gasteiger partial charge in [-0.2, -0.15) is 5.10 Å². The van der Waals surface area contributed by atoms with Crippen molar-refractivity contribution in [2.45, 2.75) is 25.3 Å². The molecule has 1 unspecified atom stereocenters. The minimum atomic E-state index is -4.64. The van der Waals surface area contributed by atoms with E-state index in [1.807, 2.05) is 0 Å². The van der Waals surface area contributed by atoms with Gasteiger partial charge in [-0.15, -0.1) is 5.10 Å². The van der Waals surface area contributed by atoms with Crippen molar-refractivity contribution >= 4 is 13.8 Å². The fourth-order valence-corrected chi connectivity index (χ4v) is 3.84. The van der Waals surface area contributed by atoms with E-state index in [2.05, 4.69) is 44.3 Å². The molecule has 1 aliphatic carbocycles. The van der Waals surface area contributed by atoms with Crippen LogP contribution in [0.5, 0.6) is 0 Å². The summed E-state index contributed by atoms with van der Waals surface area (Å²) >= 11 is 0. The van der Waals surface area contributed by atoms with Crippen molar-refractivity contribution in [3.63, 3.8) is 0 Å². The molecule has 1 aliphatic heterocycles. The molecule has 1 spiro atoms. The average molecular weight is 379 g/mol. The largest absolute Gasteiger partial charge is 0.466 e. The number of piperidine rings is 1. The highest BCUT2D eigenvalue weighted by Gasteiger charge is 2.45. The summed E-state index contributed by atoms with van der Waals surface area (Å²) in [7, 11) is -4.64. The van der Waals surface area contributed by atoms with Crippen molar-refractivity contribution < 1.29 is 19.2 Å². The minimum absolute atomic E-state index is 0.158. The smallest absolute Gasteiger partial charge is 0.339 e. The second-order valence-corrected chi connectivity index (χ2v) is 7.69. The Morgan fingerprint density at radius 2 is 1.81 bits per heavy atom. The van der Waals surface area contributed by atoms with Crippen molar-refractivity contribution in [1.82, 2.24) is 15.2 Å². The van der Waals surface area contributed by atoms with Gasteiger partial charge in [-0.3, -0.25) is 0 Å². The maximum atomic E-state index is 8.88. The molecule has 1 aromatic heterocycles. The number of aromatic nitrogens is 3. The van der Waals surface area contributed by atoms with Crippen LogP contribution in [0, 0.1) is 5.41 Å². The van der Waals surface area contributed by atoms with E-state index in [4.69, 9.17) is 25.0 Å². The summed E-state index contributed by atoms with van der Waals surface area (Å²) in [6, 6.07) is 8.77. The second-order valence-electron chi connectivity index (χ2n) is 6.66. The number of phosphoric acid groups is 1. The summed E-state index contributed by atoms with van der Waals surface area (Å²) in [5.74, 6) is 0.733. The molecule has 5 N–H and O–H groups in total. The molecule has 0 radical (unpaired) electrons. The molecular formula is C16H22N5O4P. The number of nitrogens with zero attached hydrogens (tertiary/aromatic N) is 4. The second kappa shape index (κ2) is 7.38. The Hall–Kier alpha value is -1.90. The quantitative estimate of drug-likeness (QED) is 0.528. The normalized spacial score (nSPS) is 21.1. The van der Waals surface area contributed by atoms with E-state index in [0.717, 1.165) is 38.3 Å². The van der Waals surface area contributed by atoms with E-state index in [0.29, 0.717) is 0 Å². The van der Waals surface area contributed by atoms with Crippen molar-refractivity contribution in [3.8, 4) is 0 Å². The fourth-order valence-electron chi connectivity index (χ4n) is 3.84. The lowest BCUT2D eigenvalue weighted by atomic mass is 9.73. The fraction of sp³-hybridized carbons (Fsp3) is 0.438. The summed E-state index contributed by atoms with van der Waals surface area (Å²) in [6.07, 6.45) is 6.58. The van der Waals surface area contributed by atoms with Gasteiger partial charge in [0.15, 0.2) is 0 Å². The van der Waals surface area contributed by atoms with E-state index in [1.165, 1.54) is 11.1 Å². The first-order valence-corrected chi connectivity index (χ1v) is 9.85. The van der Waals surface area contributed by atoms with Gasteiger partial charge in [-0.25, -0.2) is 9.55 Å². The molecule has 1 fully saturated rings. The predicted molar refractivity (Wildman–Crippen MR) is 95.0 cm³/mol. The molecule has 2 heterocycles. The van der Waals surface area contributed by atoms with Crippen LogP contribution < -0.4 is 10.6 Å². The summed E-state index contributed by atoms with van der Waals surface area (Å²) in [4.78, 5) is 28.1. The third-order valence-corrected chi connectivity index (χ3v) is 5.10. The van der Waals surface area contributed by atoms with E-state index in [-0.39, 0.29) is 11.5 Å². The first kappa shape index (κ1) is 18.9. The van der Waals surface area contributed by atoms with E-state index < -0.39 is 7.82 Å². The Kier molecular flexibility index (Phi) is 5.36. The van der Waals surface area contributed by atoms with Crippen LogP contribution in [0.1, 0.15) is 30.0 Å². The lowest BCUT2D eigenvalue weighted by Gasteiger charge is -2.42. The number of fused-ring (bicyclic) bond motifs is 1. The highest BCUT2D eigenvalue weighted by Crippen LogP contribution is 2.50. The molecule has 1 saturated heterocycles. The van der Waals surface area contributed by atoms with Gasteiger partial charge < -0.3 is 25.3 Å². The highest BCUT2D eigenvalue weighted by atomic mass is 31.2. The first-order valence-electron chi connectivity index (χ1n) is 8.29. The third kappa shape index (κ3) is 4.25. The summed E-state index contributed by atoms with van der Waals surface area (Å²) in [5.41, 5.74) is 9.55. The van der Waals surface area contributed by atoms with Gasteiger partial charge in [-0.05, 0) is 35.8 Å². The maximum Gasteiger partial charge on any atom is 0.466 e. The Balaban J connectivity index is 0.000000349. The van der Waals surface area contributed by atoms with Crippen LogP contribution in [0.25, 0.3) is 0 Å². The first-order chi connectivity index (χ1) is 12.3. The molecule has 0 amide bonds. The van der Waals surface area contributed by atoms with E-state index in [1.54, 1.807) is 12.4 Å². The SMILES string of the molecule is NC1c2ccccc2CC12CCN(c1nccnn1)CC2.O=P(O)(O)O. The Labute approximate surface area is 151 Å². The summed E-state index contributed by atoms with van der Waals surface area (Å²) in [5, 5.41) is 8.03. The van der Waals surface area contributed by atoms with Crippen LogP contribution in [-0.2, 0) is 11.0 Å². The predicted octanol–water partition coefficient (Wildman–Crippen LogP) is 0.786. The minimum Gasteiger partial charge on any atom is -0.339 e. The molecule has 0 saturated carbocycles. The van der Waals surface area contributed by atoms with Gasteiger partial charge in [0, 0.05) is 19.1 Å². The Morgan fingerprint density at radius 1 is 1.15 bits per heavy atom. The van der Waals surface area contributed by atoms with E-state index >= 15 is 0 Å². The third-order valence-electron chi connectivity index (χ3n) is 5.10. The van der Waals surface area contributed by atoms with Gasteiger partial charge in [0.1, 0.15) is 0 Å². The van der Waals surface area contributed by atoms with Gasteiger partial charge in [-0.1, -0.05) is 24.3 Å². The van der Waals surface area contributed by atoms with Crippen molar-refractivity contribution in [3.05, 3.63) is 47.8 Å². The van der Waals surface area contributed by atoms with Crippen LogP contribution in [-0.4, -0.2) is 43.0 Å². The Morgan fingerprint density at radius 3 is 2.38 bits per heavy atom. The van der Waals surface area contributed by atoms with Gasteiger partial charge >= 0.3 is 7.82 Å². The van der Waals surface area contributed by atoms with Gasteiger partial charge in [0.2, 0.25) is 5.95 Å². The number of rotatable bonds is 1. The number of benzene rings is 1. The average Bonchev–Trinajstić information content (AvgIpc) is 2.87. The molecule has 4 rings (SSSR count). The van der Waals surface area contributed by atoms with Gasteiger partial charge in [0.25, 0.3) is 0 Å². The van der Waals surface area contributed by atoms with Crippen molar-refractivity contribution in [1.29, 1.82) is 0 Å². The van der Waals surface area contributed by atoms with Crippen LogP contribution in [0.2, 0.25) is 0 Å². The molecule has 2 aromatic rings. The van der Waals surface area contributed by atoms with Crippen LogP contribution in [0.3, 0.4) is 0 Å². The van der Waals surface area contributed by atoms with E-state index in [9.17, 15) is 0 Å². The standard InChI is InChI=1S/C16H19N5.H3O4P/c17-14-13-4-2-1-3-12(13)11-16(14)5-9-21(10-6-16)15-18-7-8-19-20-15;1-5(2,3)4/h1-4,7-8,14H,5-6,9-11,17H2;(H3,1,2,3,4). The topological polar surface area (TPSA) is 146 Å². The van der Waals surface area contributed by atoms with Crippen LogP contribution in [0.15, 0.2) is 36.7 Å². The molecule has 1 aromatic carbocycles. The summed E-state index contributed by atoms with van der Waals surface area (Å²) < 4.78 is 8.88. The number of hydrogen-bond donors (Lipinski definition) is 4. The summed E-state index contributed by atoms with van der Waals surface area (Å²) in [6.45, 7) is 1.90. The zero-order valence-corrected chi connectivity index (χ0v) is 15.0. The zero-order valence-electron chi connectivity index (χ0n) is 14.1. The van der Waals surface area contributed by atoms with Gasteiger partial charge in [0.05, 0.1) is 12.4 Å². The Bertz CT molecular complexity index is 784. The maximum absolute atomic E-state index is 8.88. The number of nitrogens with two attached hydrogens (primary N) is 1. The highest BCUT2D eigenvalue weighted by molar-refractivity contribution is 7.45. The molecule has 10 heteroatoms. The van der Waals surface area contributed by atoms with Crippen LogP contribution in [0.4, 0.5) is 5.95 Å². The lowest BCUT2D eigenvalue weighted by Crippen LogP contribution is -2.44.